The molecule has 0 spiro atoms. The number of guanidine groups is 1. The summed E-state index contributed by atoms with van der Waals surface area (Å²) in [5.74, 6) is 2.35. The van der Waals surface area contributed by atoms with Gasteiger partial charge in [0.25, 0.3) is 0 Å². The third kappa shape index (κ3) is 6.05. The molecule has 1 amide bonds. The maximum absolute atomic E-state index is 12.3. The molecule has 1 saturated heterocycles. The monoisotopic (exact) mass is 532 g/mol. The first kappa shape index (κ1) is 24.4. The summed E-state index contributed by atoms with van der Waals surface area (Å²) in [5.41, 5.74) is 0.610. The number of nitrogens with zero attached hydrogens (tertiary/aromatic N) is 3. The Labute approximate surface area is 196 Å². The normalized spacial score (nSPS) is 18.2. The van der Waals surface area contributed by atoms with Gasteiger partial charge in [0, 0.05) is 26.2 Å². The van der Waals surface area contributed by atoms with E-state index in [2.05, 4.69) is 15.2 Å². The molecule has 1 unspecified atom stereocenters. The fourth-order valence-corrected chi connectivity index (χ4v) is 3.50. The van der Waals surface area contributed by atoms with Gasteiger partial charge in [0.2, 0.25) is 0 Å². The van der Waals surface area contributed by atoms with Gasteiger partial charge in [0.1, 0.15) is 5.60 Å². The minimum Gasteiger partial charge on any atom is -0.493 e. The number of hydrogen-bond donors (Lipinski definition) is 1. The average Bonchev–Trinajstić information content (AvgIpc) is 3.07. The number of nitrogens with one attached hydrogen (secondary N) is 1. The maximum Gasteiger partial charge on any atom is 0.410 e. The quantitative estimate of drug-likeness (QED) is 0.588. The SMILES string of the molecule is CCOc1cc(CNC2=NCC3CN(C(=O)OC(C)(C)C)CCN23)ccc1OC.I. The van der Waals surface area contributed by atoms with Gasteiger partial charge in [-0.05, 0) is 45.4 Å². The second-order valence-electron chi connectivity index (χ2n) is 8.21. The molecule has 168 valence electrons. The Morgan fingerprint density at radius 1 is 1.27 bits per heavy atom. The van der Waals surface area contributed by atoms with Gasteiger partial charge in [-0.3, -0.25) is 4.99 Å². The van der Waals surface area contributed by atoms with Gasteiger partial charge >= 0.3 is 6.09 Å². The third-order valence-corrected chi connectivity index (χ3v) is 4.84. The highest BCUT2D eigenvalue weighted by molar-refractivity contribution is 14.0. The van der Waals surface area contributed by atoms with E-state index in [1.165, 1.54) is 0 Å². The van der Waals surface area contributed by atoms with Crippen LogP contribution in [0, 0.1) is 0 Å². The molecular formula is C21H33IN4O4. The molecule has 2 heterocycles. The van der Waals surface area contributed by atoms with Crippen molar-refractivity contribution in [1.29, 1.82) is 0 Å². The van der Waals surface area contributed by atoms with Crippen LogP contribution < -0.4 is 14.8 Å². The molecule has 9 heteroatoms. The fraction of sp³-hybridized carbons (Fsp3) is 0.619. The summed E-state index contributed by atoms with van der Waals surface area (Å²) >= 11 is 0. The minimum absolute atomic E-state index is 0. The van der Waals surface area contributed by atoms with Gasteiger partial charge in [-0.15, -0.1) is 24.0 Å². The van der Waals surface area contributed by atoms with Crippen LogP contribution in [0.5, 0.6) is 11.5 Å². The predicted molar refractivity (Wildman–Crippen MR) is 127 cm³/mol. The number of methoxy groups -OCH3 is 1. The van der Waals surface area contributed by atoms with Crippen molar-refractivity contribution < 1.29 is 19.0 Å². The summed E-state index contributed by atoms with van der Waals surface area (Å²) in [5, 5.41) is 3.43. The summed E-state index contributed by atoms with van der Waals surface area (Å²) in [6.45, 7) is 11.5. The molecule has 1 atom stereocenters. The lowest BCUT2D eigenvalue weighted by Gasteiger charge is -2.39. The molecule has 30 heavy (non-hydrogen) atoms. The lowest BCUT2D eigenvalue weighted by atomic mass is 10.2. The van der Waals surface area contributed by atoms with Crippen molar-refractivity contribution in [2.45, 2.75) is 45.9 Å². The van der Waals surface area contributed by atoms with Crippen LogP contribution in [0.15, 0.2) is 23.2 Å². The molecule has 0 aromatic heterocycles. The molecular weight excluding hydrogens is 499 g/mol. The van der Waals surface area contributed by atoms with E-state index < -0.39 is 5.60 Å². The van der Waals surface area contributed by atoms with Gasteiger partial charge in [0.15, 0.2) is 17.5 Å². The number of hydrogen-bond acceptors (Lipinski definition) is 7. The van der Waals surface area contributed by atoms with Crippen molar-refractivity contribution in [3.63, 3.8) is 0 Å². The van der Waals surface area contributed by atoms with Gasteiger partial charge in [-0.25, -0.2) is 4.79 Å². The average molecular weight is 532 g/mol. The number of rotatable bonds is 5. The summed E-state index contributed by atoms with van der Waals surface area (Å²) < 4.78 is 16.5. The number of fused-ring (bicyclic) bond motifs is 1. The van der Waals surface area contributed by atoms with Crippen molar-refractivity contribution in [2.24, 2.45) is 4.99 Å². The van der Waals surface area contributed by atoms with Gasteiger partial charge in [-0.1, -0.05) is 6.07 Å². The first-order valence-corrected chi connectivity index (χ1v) is 10.1. The largest absolute Gasteiger partial charge is 0.493 e. The fourth-order valence-electron chi connectivity index (χ4n) is 3.50. The second kappa shape index (κ2) is 10.4. The van der Waals surface area contributed by atoms with E-state index in [1.807, 2.05) is 45.9 Å². The van der Waals surface area contributed by atoms with Crippen molar-refractivity contribution in [1.82, 2.24) is 15.1 Å². The van der Waals surface area contributed by atoms with Crippen molar-refractivity contribution in [3.8, 4) is 11.5 Å². The van der Waals surface area contributed by atoms with E-state index >= 15 is 0 Å². The Balaban J connectivity index is 0.00000320. The summed E-state index contributed by atoms with van der Waals surface area (Å²) in [6, 6.07) is 6.11. The Hall–Kier alpha value is -1.91. The molecule has 2 aliphatic rings. The maximum atomic E-state index is 12.3. The Bertz CT molecular complexity index is 766. The highest BCUT2D eigenvalue weighted by Gasteiger charge is 2.36. The first-order chi connectivity index (χ1) is 13.8. The minimum atomic E-state index is -0.480. The molecule has 0 saturated carbocycles. The van der Waals surface area contributed by atoms with E-state index in [0.717, 1.165) is 29.6 Å². The molecule has 1 fully saturated rings. The van der Waals surface area contributed by atoms with E-state index in [0.29, 0.717) is 32.8 Å². The van der Waals surface area contributed by atoms with Crippen molar-refractivity contribution in [3.05, 3.63) is 23.8 Å². The van der Waals surface area contributed by atoms with E-state index in [4.69, 9.17) is 14.2 Å². The zero-order valence-corrected chi connectivity index (χ0v) is 20.8. The Morgan fingerprint density at radius 2 is 2.03 bits per heavy atom. The molecule has 3 rings (SSSR count). The van der Waals surface area contributed by atoms with Crippen LogP contribution in [-0.2, 0) is 11.3 Å². The molecule has 1 aromatic carbocycles. The number of benzene rings is 1. The molecule has 2 aliphatic heterocycles. The number of halogens is 1. The lowest BCUT2D eigenvalue weighted by Crippen LogP contribution is -2.57. The highest BCUT2D eigenvalue weighted by Crippen LogP contribution is 2.28. The second-order valence-corrected chi connectivity index (χ2v) is 8.21. The topological polar surface area (TPSA) is 75.6 Å². The zero-order chi connectivity index (χ0) is 21.0. The number of ether oxygens (including phenoxy) is 3. The Kier molecular flexibility index (Phi) is 8.45. The number of piperazine rings is 1. The van der Waals surface area contributed by atoms with Crippen LogP contribution in [0.4, 0.5) is 4.79 Å². The van der Waals surface area contributed by atoms with E-state index in [1.54, 1.807) is 12.0 Å². The van der Waals surface area contributed by atoms with Gasteiger partial charge < -0.3 is 29.3 Å². The number of carbonyl (C=O) groups excluding carboxylic acids is 1. The van der Waals surface area contributed by atoms with Crippen LogP contribution in [-0.4, -0.2) is 73.4 Å². The van der Waals surface area contributed by atoms with E-state index in [-0.39, 0.29) is 36.1 Å². The van der Waals surface area contributed by atoms with Crippen LogP contribution in [0.25, 0.3) is 0 Å². The number of aliphatic imine (C=N–C) groups is 1. The van der Waals surface area contributed by atoms with Crippen LogP contribution in [0.1, 0.15) is 33.3 Å². The summed E-state index contributed by atoms with van der Waals surface area (Å²) in [7, 11) is 1.64. The summed E-state index contributed by atoms with van der Waals surface area (Å²) in [6.07, 6.45) is -0.250. The van der Waals surface area contributed by atoms with Crippen LogP contribution in [0.2, 0.25) is 0 Å². The van der Waals surface area contributed by atoms with Gasteiger partial charge in [-0.2, -0.15) is 0 Å². The zero-order valence-electron chi connectivity index (χ0n) is 18.4. The van der Waals surface area contributed by atoms with Crippen molar-refractivity contribution >= 4 is 36.0 Å². The lowest BCUT2D eigenvalue weighted by molar-refractivity contribution is 0.0137. The Morgan fingerprint density at radius 3 is 2.70 bits per heavy atom. The molecule has 0 aliphatic carbocycles. The number of carbonyl (C=O) groups is 1. The van der Waals surface area contributed by atoms with Crippen LogP contribution in [0.3, 0.4) is 0 Å². The molecule has 1 N–H and O–H groups in total. The standard InChI is InChI=1S/C21H32N4O4.HI/c1-6-28-18-11-15(7-8-17(18)27-5)12-22-19-23-13-16-14-24(9-10-25(16)19)20(26)29-21(2,3)4;/h7-8,11,16H,6,9-10,12-14H2,1-5H3,(H,22,23);1H. The molecule has 8 nitrogen and oxygen atoms in total. The first-order valence-electron chi connectivity index (χ1n) is 10.1. The predicted octanol–water partition coefficient (Wildman–Crippen LogP) is 3.09. The van der Waals surface area contributed by atoms with Crippen molar-refractivity contribution in [2.75, 3.05) is 39.9 Å². The van der Waals surface area contributed by atoms with E-state index in [9.17, 15) is 4.79 Å². The third-order valence-electron chi connectivity index (χ3n) is 4.84. The van der Waals surface area contributed by atoms with Crippen LogP contribution >= 0.6 is 24.0 Å². The summed E-state index contributed by atoms with van der Waals surface area (Å²) in [4.78, 5) is 21.0. The number of amides is 1. The smallest absolute Gasteiger partial charge is 0.410 e. The molecule has 1 aromatic rings. The molecule has 0 radical (unpaired) electrons. The van der Waals surface area contributed by atoms with Gasteiger partial charge in [0.05, 0.1) is 26.3 Å². The highest BCUT2D eigenvalue weighted by atomic mass is 127. The molecule has 0 bridgehead atoms.